The van der Waals surface area contributed by atoms with Gasteiger partial charge in [-0.15, -0.1) is 0 Å². The van der Waals surface area contributed by atoms with Gasteiger partial charge >= 0.3 is 0 Å². The fourth-order valence-electron chi connectivity index (χ4n) is 6.32. The fraction of sp³-hybridized carbons (Fsp3) is 0.241. The number of Topliss-reactive ketones (excluding diaryl/α,β-unsaturated/α-hetero) is 1. The van der Waals surface area contributed by atoms with E-state index in [4.69, 9.17) is 23.2 Å². The molecule has 0 saturated carbocycles. The number of hydrogen-bond acceptors (Lipinski definition) is 5. The molecule has 0 bridgehead atoms. The van der Waals surface area contributed by atoms with Crippen molar-refractivity contribution in [2.75, 3.05) is 4.90 Å². The number of ketones is 2. The molecular weight excluding hydrogens is 513 g/mol. The second kappa shape index (κ2) is 8.54. The lowest BCUT2D eigenvalue weighted by atomic mass is 9.59. The van der Waals surface area contributed by atoms with E-state index in [0.29, 0.717) is 44.4 Å². The van der Waals surface area contributed by atoms with Crippen LogP contribution in [0.25, 0.3) is 0 Å². The number of nitrogens with zero attached hydrogens (tertiary/aromatic N) is 1. The Bertz CT molecular complexity index is 1520. The molecule has 2 aromatic carbocycles. The third-order valence-corrected chi connectivity index (χ3v) is 8.44. The van der Waals surface area contributed by atoms with Crippen molar-refractivity contribution >= 4 is 52.3 Å². The summed E-state index contributed by atoms with van der Waals surface area (Å²) in [6.07, 6.45) is 3.71. The Labute approximate surface area is 222 Å². The van der Waals surface area contributed by atoms with Gasteiger partial charge in [0.25, 0.3) is 0 Å². The van der Waals surface area contributed by atoms with Gasteiger partial charge in [0.1, 0.15) is 5.75 Å². The van der Waals surface area contributed by atoms with E-state index >= 15 is 0 Å². The van der Waals surface area contributed by atoms with Crippen LogP contribution >= 0.6 is 23.2 Å². The summed E-state index contributed by atoms with van der Waals surface area (Å²) >= 11 is 12.3. The molecule has 37 heavy (non-hydrogen) atoms. The van der Waals surface area contributed by atoms with Crippen LogP contribution in [0.2, 0.25) is 10.0 Å². The molecule has 4 unspecified atom stereocenters. The number of fused-ring (bicyclic) bond motifs is 3. The number of carbonyl (C=O) groups is 4. The molecule has 4 atom stereocenters. The predicted molar refractivity (Wildman–Crippen MR) is 138 cm³/mol. The summed E-state index contributed by atoms with van der Waals surface area (Å²) in [5.74, 6) is -3.77. The molecule has 186 valence electrons. The molecule has 0 spiro atoms. The van der Waals surface area contributed by atoms with Crippen LogP contribution in [0.4, 0.5) is 5.69 Å². The highest BCUT2D eigenvalue weighted by molar-refractivity contribution is 6.31. The topological polar surface area (TPSA) is 91.8 Å². The summed E-state index contributed by atoms with van der Waals surface area (Å²) in [7, 11) is 0. The van der Waals surface area contributed by atoms with Gasteiger partial charge in [-0.3, -0.25) is 24.1 Å². The first-order chi connectivity index (χ1) is 17.7. The number of benzene rings is 2. The molecule has 1 fully saturated rings. The third kappa shape index (κ3) is 3.54. The van der Waals surface area contributed by atoms with E-state index in [-0.39, 0.29) is 35.6 Å². The Morgan fingerprint density at radius 3 is 2.35 bits per heavy atom. The lowest BCUT2D eigenvalue weighted by Crippen LogP contribution is -2.39. The van der Waals surface area contributed by atoms with Gasteiger partial charge in [0.15, 0.2) is 11.6 Å². The first kappa shape index (κ1) is 23.9. The van der Waals surface area contributed by atoms with Gasteiger partial charge in [0, 0.05) is 38.2 Å². The largest absolute Gasteiger partial charge is 0.508 e. The SMILES string of the molecule is CC1=CC(=O)C2=C(C1=O)C(c1cc(Cl)ccc1O)C1=CCC3C(=O)N(c4ccc(Cl)cc4)C(=O)C3C1C2. The first-order valence-corrected chi connectivity index (χ1v) is 12.7. The summed E-state index contributed by atoms with van der Waals surface area (Å²) < 4.78 is 0. The Morgan fingerprint density at radius 2 is 1.62 bits per heavy atom. The highest BCUT2D eigenvalue weighted by Crippen LogP contribution is 2.56. The molecule has 1 saturated heterocycles. The summed E-state index contributed by atoms with van der Waals surface area (Å²) in [5.41, 5.74) is 2.56. The summed E-state index contributed by atoms with van der Waals surface area (Å²) in [6, 6.07) is 11.1. The van der Waals surface area contributed by atoms with Crippen LogP contribution in [0, 0.1) is 17.8 Å². The number of anilines is 1. The van der Waals surface area contributed by atoms with Crippen LogP contribution in [0.15, 0.2) is 76.9 Å². The average Bonchev–Trinajstić information content (AvgIpc) is 3.13. The normalized spacial score (nSPS) is 27.1. The Morgan fingerprint density at radius 1 is 0.919 bits per heavy atom. The zero-order chi connectivity index (χ0) is 26.2. The average molecular weight is 534 g/mol. The smallest absolute Gasteiger partial charge is 0.238 e. The number of phenolic OH excluding ortho intramolecular Hbond substituents is 1. The van der Waals surface area contributed by atoms with Crippen LogP contribution in [0.5, 0.6) is 5.75 Å². The first-order valence-electron chi connectivity index (χ1n) is 12.0. The number of amides is 2. The number of halogens is 2. The lowest BCUT2D eigenvalue weighted by Gasteiger charge is -2.42. The summed E-state index contributed by atoms with van der Waals surface area (Å²) in [5, 5.41) is 11.7. The van der Waals surface area contributed by atoms with Crippen molar-refractivity contribution < 1.29 is 24.3 Å². The molecule has 8 heteroatoms. The van der Waals surface area contributed by atoms with E-state index in [1.807, 2.05) is 6.08 Å². The molecule has 1 heterocycles. The third-order valence-electron chi connectivity index (χ3n) is 7.95. The zero-order valence-corrected chi connectivity index (χ0v) is 21.2. The van der Waals surface area contributed by atoms with E-state index < -0.39 is 23.7 Å². The summed E-state index contributed by atoms with van der Waals surface area (Å²) in [4.78, 5) is 55.0. The number of imide groups is 1. The molecule has 6 rings (SSSR count). The maximum absolute atomic E-state index is 13.8. The minimum Gasteiger partial charge on any atom is -0.508 e. The van der Waals surface area contributed by atoms with E-state index in [9.17, 15) is 24.3 Å². The molecule has 2 aromatic rings. The monoisotopic (exact) mass is 533 g/mol. The number of hydrogen-bond donors (Lipinski definition) is 1. The second-order valence-corrected chi connectivity index (χ2v) is 10.8. The maximum Gasteiger partial charge on any atom is 0.238 e. The molecular formula is C29H21Cl2NO5. The number of carbonyl (C=O) groups excluding carboxylic acids is 4. The number of aromatic hydroxyl groups is 1. The predicted octanol–water partition coefficient (Wildman–Crippen LogP) is 5.33. The Balaban J connectivity index is 1.50. The number of phenols is 1. The highest BCUT2D eigenvalue weighted by atomic mass is 35.5. The van der Waals surface area contributed by atoms with Gasteiger partial charge in [-0.05, 0) is 74.2 Å². The van der Waals surface area contributed by atoms with Crippen molar-refractivity contribution in [3.63, 3.8) is 0 Å². The van der Waals surface area contributed by atoms with E-state index in [0.717, 1.165) is 5.57 Å². The summed E-state index contributed by atoms with van der Waals surface area (Å²) in [6.45, 7) is 1.60. The molecule has 6 nitrogen and oxygen atoms in total. The number of allylic oxidation sites excluding steroid dienone is 6. The van der Waals surface area contributed by atoms with E-state index in [1.54, 1.807) is 43.3 Å². The molecule has 0 aromatic heterocycles. The molecule has 4 aliphatic rings. The van der Waals surface area contributed by atoms with Crippen LogP contribution in [0.3, 0.4) is 0 Å². The fourth-order valence-corrected chi connectivity index (χ4v) is 6.62. The van der Waals surface area contributed by atoms with Crippen LogP contribution in [-0.2, 0) is 19.2 Å². The highest BCUT2D eigenvalue weighted by Gasteiger charge is 2.56. The molecule has 3 aliphatic carbocycles. The van der Waals surface area contributed by atoms with Gasteiger partial charge in [-0.2, -0.15) is 0 Å². The van der Waals surface area contributed by atoms with Crippen molar-refractivity contribution in [1.29, 1.82) is 0 Å². The maximum atomic E-state index is 13.8. The Kier molecular flexibility index (Phi) is 5.51. The zero-order valence-electron chi connectivity index (χ0n) is 19.7. The molecule has 1 aliphatic heterocycles. The van der Waals surface area contributed by atoms with Gasteiger partial charge in [0.2, 0.25) is 11.8 Å². The van der Waals surface area contributed by atoms with Crippen molar-refractivity contribution in [3.05, 3.63) is 92.5 Å². The minimum atomic E-state index is -0.749. The van der Waals surface area contributed by atoms with E-state index in [1.165, 1.54) is 17.0 Å². The van der Waals surface area contributed by atoms with E-state index in [2.05, 4.69) is 0 Å². The van der Waals surface area contributed by atoms with Crippen molar-refractivity contribution in [1.82, 2.24) is 0 Å². The quantitative estimate of drug-likeness (QED) is 0.320. The van der Waals surface area contributed by atoms with Crippen LogP contribution in [-0.4, -0.2) is 28.5 Å². The molecule has 2 amide bonds. The number of rotatable bonds is 2. The van der Waals surface area contributed by atoms with Gasteiger partial charge < -0.3 is 5.11 Å². The van der Waals surface area contributed by atoms with Crippen molar-refractivity contribution in [2.24, 2.45) is 17.8 Å². The lowest BCUT2D eigenvalue weighted by molar-refractivity contribution is -0.123. The molecule has 1 N–H and O–H groups in total. The minimum absolute atomic E-state index is 0.0611. The Hall–Kier alpha value is -3.48. The second-order valence-electron chi connectivity index (χ2n) is 9.92. The van der Waals surface area contributed by atoms with Gasteiger partial charge in [-0.25, -0.2) is 0 Å². The molecule has 0 radical (unpaired) electrons. The van der Waals surface area contributed by atoms with Crippen LogP contribution < -0.4 is 4.90 Å². The standard InChI is InChI=1S/C29H21Cl2NO5/c1-13-10-23(34)21-12-19-17(24(26(21)27(13)35)20-11-15(31)4-9-22(20)33)7-8-18-25(19)29(37)32(28(18)36)16-5-2-14(30)3-6-16/h2-7,9-11,18-19,24-25,33H,8,12H2,1H3. The van der Waals surface area contributed by atoms with Gasteiger partial charge in [-0.1, -0.05) is 34.9 Å². The van der Waals surface area contributed by atoms with Crippen LogP contribution in [0.1, 0.15) is 31.2 Å². The van der Waals surface area contributed by atoms with Crippen molar-refractivity contribution in [3.8, 4) is 5.75 Å². The van der Waals surface area contributed by atoms with Gasteiger partial charge in [0.05, 0.1) is 17.5 Å². The van der Waals surface area contributed by atoms with Crippen molar-refractivity contribution in [2.45, 2.75) is 25.7 Å².